The van der Waals surface area contributed by atoms with Crippen LogP contribution in [0.15, 0.2) is 62.4 Å². The molecule has 0 amide bonds. The molecule has 0 bridgehead atoms. The lowest BCUT2D eigenvalue weighted by atomic mass is 10.2. The number of halogens is 2. The summed E-state index contributed by atoms with van der Waals surface area (Å²) in [6.07, 6.45) is 4.24. The van der Waals surface area contributed by atoms with Gasteiger partial charge in [0, 0.05) is 12.3 Å². The number of hydrogen-bond donors (Lipinski definition) is 2. The molecule has 3 aromatic rings. The van der Waals surface area contributed by atoms with Crippen LogP contribution >= 0.6 is 31.9 Å². The van der Waals surface area contributed by atoms with E-state index < -0.39 is 5.97 Å². The van der Waals surface area contributed by atoms with Gasteiger partial charge in [0.15, 0.2) is 0 Å². The summed E-state index contributed by atoms with van der Waals surface area (Å²) in [4.78, 5) is 24.3. The minimum atomic E-state index is -0.961. The number of carboxylic acids is 1. The van der Waals surface area contributed by atoms with Gasteiger partial charge in [-0.1, -0.05) is 6.07 Å². The summed E-state index contributed by atoms with van der Waals surface area (Å²) in [5.74, 6) is 0.420. The van der Waals surface area contributed by atoms with Gasteiger partial charge in [0.25, 0.3) is 5.56 Å². The van der Waals surface area contributed by atoms with Crippen molar-refractivity contribution in [1.82, 2.24) is 4.98 Å². The van der Waals surface area contributed by atoms with Gasteiger partial charge in [-0.25, -0.2) is 4.79 Å². The van der Waals surface area contributed by atoms with Gasteiger partial charge in [-0.2, -0.15) is 0 Å². The SMILES string of the molecule is COc1cc2c(=O)[nH]ccc2cc1Br.COc1ccc(C=CC(=O)O)cc1Br. The van der Waals surface area contributed by atoms with E-state index in [0.717, 1.165) is 31.7 Å². The van der Waals surface area contributed by atoms with Crippen molar-refractivity contribution < 1.29 is 19.4 Å². The monoisotopic (exact) mass is 509 g/mol. The standard InChI is InChI=1S/C10H8BrNO2.C10H9BrO3/c1-14-9-5-7-6(4-8(9)11)2-3-12-10(7)13;1-14-9-4-2-7(6-8(9)11)3-5-10(12)13/h2-5H,1H3,(H,12,13);2-6H,1H3,(H,12,13). The highest BCUT2D eigenvalue weighted by molar-refractivity contribution is 9.10. The molecule has 0 aliphatic heterocycles. The Hall–Kier alpha value is -2.58. The molecule has 0 radical (unpaired) electrons. The van der Waals surface area contributed by atoms with Crippen LogP contribution in [0.5, 0.6) is 11.5 Å². The normalized spacial score (nSPS) is 10.4. The molecule has 0 spiro atoms. The smallest absolute Gasteiger partial charge is 0.328 e. The molecule has 0 atom stereocenters. The van der Waals surface area contributed by atoms with Crippen molar-refractivity contribution in [3.05, 3.63) is 73.5 Å². The number of aliphatic carboxylic acids is 1. The zero-order valence-electron chi connectivity index (χ0n) is 15.0. The first-order valence-corrected chi connectivity index (χ1v) is 9.53. The lowest BCUT2D eigenvalue weighted by molar-refractivity contribution is -0.131. The average Bonchev–Trinajstić information content (AvgIpc) is 2.67. The lowest BCUT2D eigenvalue weighted by Crippen LogP contribution is -2.04. The zero-order valence-corrected chi connectivity index (χ0v) is 18.2. The average molecular weight is 511 g/mol. The molecule has 146 valence electrons. The third kappa shape index (κ3) is 5.71. The summed E-state index contributed by atoms with van der Waals surface area (Å²) in [5, 5.41) is 9.94. The molecule has 0 saturated carbocycles. The highest BCUT2D eigenvalue weighted by atomic mass is 79.9. The number of ether oxygens (including phenoxy) is 2. The van der Waals surface area contributed by atoms with E-state index in [1.807, 2.05) is 12.1 Å². The summed E-state index contributed by atoms with van der Waals surface area (Å²) in [6.45, 7) is 0. The largest absolute Gasteiger partial charge is 0.496 e. The van der Waals surface area contributed by atoms with E-state index >= 15 is 0 Å². The second kappa shape index (κ2) is 10.1. The maximum atomic E-state index is 11.4. The molecule has 0 unspecified atom stereocenters. The third-order valence-corrected chi connectivity index (χ3v) is 4.88. The van der Waals surface area contributed by atoms with E-state index in [1.54, 1.807) is 44.7 Å². The quantitative estimate of drug-likeness (QED) is 0.489. The van der Waals surface area contributed by atoms with E-state index in [1.165, 1.54) is 6.08 Å². The van der Waals surface area contributed by atoms with Gasteiger partial charge in [0.05, 0.1) is 28.6 Å². The van der Waals surface area contributed by atoms with Gasteiger partial charge >= 0.3 is 5.97 Å². The molecule has 1 heterocycles. The Kier molecular flexibility index (Phi) is 7.83. The summed E-state index contributed by atoms with van der Waals surface area (Å²) in [6, 6.07) is 10.8. The van der Waals surface area contributed by atoms with Crippen molar-refractivity contribution in [3.8, 4) is 11.5 Å². The molecular weight excluding hydrogens is 494 g/mol. The highest BCUT2D eigenvalue weighted by Gasteiger charge is 2.04. The van der Waals surface area contributed by atoms with Crippen LogP contribution in [0.4, 0.5) is 0 Å². The number of fused-ring (bicyclic) bond motifs is 1. The molecular formula is C20H17Br2NO5. The van der Waals surface area contributed by atoms with E-state index in [4.69, 9.17) is 14.6 Å². The van der Waals surface area contributed by atoms with Crippen molar-refractivity contribution in [2.45, 2.75) is 0 Å². The van der Waals surface area contributed by atoms with Gasteiger partial charge in [-0.15, -0.1) is 0 Å². The number of H-pyrrole nitrogens is 1. The number of hydrogen-bond acceptors (Lipinski definition) is 4. The van der Waals surface area contributed by atoms with Crippen LogP contribution in [0.3, 0.4) is 0 Å². The lowest BCUT2D eigenvalue weighted by Gasteiger charge is -2.04. The van der Waals surface area contributed by atoms with Crippen molar-refractivity contribution in [1.29, 1.82) is 0 Å². The number of benzene rings is 2. The molecule has 0 aliphatic rings. The summed E-state index contributed by atoms with van der Waals surface area (Å²) < 4.78 is 11.8. The second-order valence-electron chi connectivity index (χ2n) is 5.45. The first kappa shape index (κ1) is 21.7. The molecule has 8 heteroatoms. The fraction of sp³-hybridized carbons (Fsp3) is 0.100. The summed E-state index contributed by atoms with van der Waals surface area (Å²) >= 11 is 6.67. The van der Waals surface area contributed by atoms with E-state index in [9.17, 15) is 9.59 Å². The maximum Gasteiger partial charge on any atom is 0.328 e. The summed E-state index contributed by atoms with van der Waals surface area (Å²) in [7, 11) is 3.15. The van der Waals surface area contributed by atoms with Crippen LogP contribution in [0, 0.1) is 0 Å². The predicted octanol–water partition coefficient (Wildman–Crippen LogP) is 4.85. The number of aromatic amines is 1. The van der Waals surface area contributed by atoms with E-state index in [0.29, 0.717) is 11.1 Å². The number of methoxy groups -OCH3 is 2. The van der Waals surface area contributed by atoms with Gasteiger partial charge < -0.3 is 19.6 Å². The number of pyridine rings is 1. The fourth-order valence-electron chi connectivity index (χ4n) is 2.30. The molecule has 2 N–H and O–H groups in total. The van der Waals surface area contributed by atoms with E-state index in [2.05, 4.69) is 36.8 Å². The molecule has 0 aliphatic carbocycles. The first-order valence-electron chi connectivity index (χ1n) is 7.95. The Balaban J connectivity index is 0.000000200. The zero-order chi connectivity index (χ0) is 20.7. The number of carboxylic acid groups (broad SMARTS) is 1. The number of rotatable bonds is 4. The maximum absolute atomic E-state index is 11.4. The van der Waals surface area contributed by atoms with Crippen LogP contribution in [0.1, 0.15) is 5.56 Å². The Bertz CT molecular complexity index is 1080. The Morgan fingerprint density at radius 2 is 1.71 bits per heavy atom. The van der Waals surface area contributed by atoms with Crippen LogP contribution in [-0.4, -0.2) is 30.3 Å². The molecule has 3 rings (SSSR count). The fourth-order valence-corrected chi connectivity index (χ4v) is 3.38. The van der Waals surface area contributed by atoms with Gasteiger partial charge in [0.2, 0.25) is 0 Å². The van der Waals surface area contributed by atoms with Crippen molar-refractivity contribution in [2.24, 2.45) is 0 Å². The number of nitrogens with one attached hydrogen (secondary N) is 1. The van der Waals surface area contributed by atoms with Gasteiger partial charge in [0.1, 0.15) is 11.5 Å². The molecule has 0 fully saturated rings. The number of carbonyl (C=O) groups is 1. The van der Waals surface area contributed by atoms with Crippen LogP contribution < -0.4 is 15.0 Å². The second-order valence-corrected chi connectivity index (χ2v) is 7.16. The van der Waals surface area contributed by atoms with Crippen molar-refractivity contribution in [2.75, 3.05) is 14.2 Å². The van der Waals surface area contributed by atoms with Crippen LogP contribution in [0.2, 0.25) is 0 Å². The number of aromatic nitrogens is 1. The topological polar surface area (TPSA) is 88.6 Å². The minimum Gasteiger partial charge on any atom is -0.496 e. The molecule has 0 saturated heterocycles. The van der Waals surface area contributed by atoms with Gasteiger partial charge in [-0.05, 0) is 79.2 Å². The molecule has 28 heavy (non-hydrogen) atoms. The first-order chi connectivity index (χ1) is 13.3. The predicted molar refractivity (Wildman–Crippen MR) is 116 cm³/mol. The van der Waals surface area contributed by atoms with Gasteiger partial charge in [-0.3, -0.25) is 4.79 Å². The molecule has 6 nitrogen and oxygen atoms in total. The van der Waals surface area contributed by atoms with Crippen LogP contribution in [-0.2, 0) is 4.79 Å². The van der Waals surface area contributed by atoms with E-state index in [-0.39, 0.29) is 5.56 Å². The third-order valence-electron chi connectivity index (χ3n) is 3.64. The minimum absolute atomic E-state index is 0.103. The van der Waals surface area contributed by atoms with Crippen LogP contribution in [0.25, 0.3) is 16.8 Å². The Morgan fingerprint density at radius 3 is 2.32 bits per heavy atom. The van der Waals surface area contributed by atoms with Crippen molar-refractivity contribution >= 4 is 54.7 Å². The van der Waals surface area contributed by atoms with Crippen molar-refractivity contribution in [3.63, 3.8) is 0 Å². The Morgan fingerprint density at radius 1 is 1.04 bits per heavy atom. The molecule has 2 aromatic carbocycles. The highest BCUT2D eigenvalue weighted by Crippen LogP contribution is 2.28. The summed E-state index contributed by atoms with van der Waals surface area (Å²) in [5.41, 5.74) is 0.702. The Labute approximate surface area is 178 Å². The molecule has 1 aromatic heterocycles.